The number of rotatable bonds is 5. The molecule has 2 aromatic rings. The molecule has 1 amide bonds. The second-order valence-corrected chi connectivity index (χ2v) is 4.87. The van der Waals surface area contributed by atoms with Gasteiger partial charge in [0.15, 0.2) is 0 Å². The number of ether oxygens (including phenoxy) is 1. The van der Waals surface area contributed by atoms with Gasteiger partial charge in [0.25, 0.3) is 0 Å². The van der Waals surface area contributed by atoms with Crippen molar-refractivity contribution in [3.8, 4) is 5.75 Å². The number of halogens is 1. The van der Waals surface area contributed by atoms with Gasteiger partial charge in [0.05, 0.1) is 19.6 Å². The second kappa shape index (κ2) is 6.88. The van der Waals surface area contributed by atoms with Crippen molar-refractivity contribution < 1.29 is 13.9 Å². The third-order valence-corrected chi connectivity index (χ3v) is 3.27. The first-order valence-corrected chi connectivity index (χ1v) is 6.76. The molecule has 0 bridgehead atoms. The quantitative estimate of drug-likeness (QED) is 0.916. The topological polar surface area (TPSA) is 38.3 Å². The zero-order chi connectivity index (χ0) is 15.2. The molecule has 110 valence electrons. The lowest BCUT2D eigenvalue weighted by molar-refractivity contribution is -0.121. The van der Waals surface area contributed by atoms with Crippen molar-refractivity contribution in [2.24, 2.45) is 0 Å². The fourth-order valence-electron chi connectivity index (χ4n) is 2.06. The maximum Gasteiger partial charge on any atom is 0.224 e. The summed E-state index contributed by atoms with van der Waals surface area (Å²) in [5, 5.41) is 2.92. The summed E-state index contributed by atoms with van der Waals surface area (Å²) in [4.78, 5) is 12.0. The third-order valence-electron chi connectivity index (χ3n) is 3.27. The molecular weight excluding hydrogens is 269 g/mol. The largest absolute Gasteiger partial charge is 0.497 e. The second-order valence-electron chi connectivity index (χ2n) is 4.87. The van der Waals surface area contributed by atoms with Crippen LogP contribution in [0.4, 0.5) is 4.39 Å². The average molecular weight is 287 g/mol. The minimum atomic E-state index is -0.300. The molecule has 3 nitrogen and oxygen atoms in total. The van der Waals surface area contributed by atoms with Gasteiger partial charge in [-0.05, 0) is 42.3 Å². The SMILES string of the molecule is COc1ccc([C@H](C)NC(=O)Cc2ccc(F)cc2)cc1. The van der Waals surface area contributed by atoms with Crippen molar-refractivity contribution in [2.75, 3.05) is 7.11 Å². The summed E-state index contributed by atoms with van der Waals surface area (Å²) in [5.41, 5.74) is 1.79. The van der Waals surface area contributed by atoms with E-state index in [9.17, 15) is 9.18 Å². The van der Waals surface area contributed by atoms with Crippen LogP contribution in [0.3, 0.4) is 0 Å². The highest BCUT2D eigenvalue weighted by Crippen LogP contribution is 2.17. The molecule has 4 heteroatoms. The lowest BCUT2D eigenvalue weighted by Crippen LogP contribution is -2.28. The van der Waals surface area contributed by atoms with Crippen LogP contribution in [0, 0.1) is 5.82 Å². The van der Waals surface area contributed by atoms with E-state index in [-0.39, 0.29) is 24.2 Å². The molecule has 0 saturated carbocycles. The molecule has 1 atom stereocenters. The maximum atomic E-state index is 12.8. The van der Waals surface area contributed by atoms with Gasteiger partial charge in [0, 0.05) is 0 Å². The van der Waals surface area contributed by atoms with E-state index >= 15 is 0 Å². The highest BCUT2D eigenvalue weighted by molar-refractivity contribution is 5.79. The number of methoxy groups -OCH3 is 1. The molecule has 0 fully saturated rings. The Morgan fingerprint density at radius 1 is 1.14 bits per heavy atom. The van der Waals surface area contributed by atoms with Crippen molar-refractivity contribution in [2.45, 2.75) is 19.4 Å². The van der Waals surface area contributed by atoms with Crippen LogP contribution in [0.25, 0.3) is 0 Å². The van der Waals surface area contributed by atoms with E-state index in [1.165, 1.54) is 12.1 Å². The van der Waals surface area contributed by atoms with Crippen LogP contribution in [0.5, 0.6) is 5.75 Å². The van der Waals surface area contributed by atoms with Gasteiger partial charge in [-0.1, -0.05) is 24.3 Å². The number of amides is 1. The number of carbonyl (C=O) groups excluding carboxylic acids is 1. The van der Waals surface area contributed by atoms with E-state index < -0.39 is 0 Å². The van der Waals surface area contributed by atoms with Crippen molar-refractivity contribution in [1.82, 2.24) is 5.32 Å². The van der Waals surface area contributed by atoms with E-state index in [0.29, 0.717) is 0 Å². The molecule has 0 aromatic heterocycles. The molecule has 21 heavy (non-hydrogen) atoms. The lowest BCUT2D eigenvalue weighted by atomic mass is 10.1. The highest BCUT2D eigenvalue weighted by atomic mass is 19.1. The van der Waals surface area contributed by atoms with Crippen molar-refractivity contribution >= 4 is 5.91 Å². The Morgan fingerprint density at radius 2 is 1.76 bits per heavy atom. The van der Waals surface area contributed by atoms with Gasteiger partial charge >= 0.3 is 0 Å². The number of benzene rings is 2. The van der Waals surface area contributed by atoms with Crippen LogP contribution in [0.15, 0.2) is 48.5 Å². The first-order valence-electron chi connectivity index (χ1n) is 6.76. The fourth-order valence-corrected chi connectivity index (χ4v) is 2.06. The van der Waals surface area contributed by atoms with Crippen LogP contribution in [0.2, 0.25) is 0 Å². The molecule has 1 N–H and O–H groups in total. The number of carbonyl (C=O) groups is 1. The number of hydrogen-bond donors (Lipinski definition) is 1. The Balaban J connectivity index is 1.93. The Hall–Kier alpha value is -2.36. The van der Waals surface area contributed by atoms with Gasteiger partial charge in [-0.3, -0.25) is 4.79 Å². The van der Waals surface area contributed by atoms with Crippen LogP contribution < -0.4 is 10.1 Å². The Labute approximate surface area is 123 Å². The van der Waals surface area contributed by atoms with Crippen molar-refractivity contribution in [3.05, 3.63) is 65.5 Å². The highest BCUT2D eigenvalue weighted by Gasteiger charge is 2.10. The standard InChI is InChI=1S/C17H18FNO2/c1-12(14-5-9-16(21-2)10-6-14)19-17(20)11-13-3-7-15(18)8-4-13/h3-10,12H,11H2,1-2H3,(H,19,20)/t12-/m0/s1. The molecule has 0 unspecified atom stereocenters. The van der Waals surface area contributed by atoms with Gasteiger partial charge in [0.2, 0.25) is 5.91 Å². The van der Waals surface area contributed by atoms with Crippen molar-refractivity contribution in [3.63, 3.8) is 0 Å². The first kappa shape index (κ1) is 15.0. The van der Waals surface area contributed by atoms with Gasteiger partial charge in [0.1, 0.15) is 11.6 Å². The Bertz CT molecular complexity index is 593. The predicted molar refractivity (Wildman–Crippen MR) is 79.7 cm³/mol. The van der Waals surface area contributed by atoms with Crippen LogP contribution in [-0.4, -0.2) is 13.0 Å². The minimum Gasteiger partial charge on any atom is -0.497 e. The normalized spacial score (nSPS) is 11.8. The summed E-state index contributed by atoms with van der Waals surface area (Å²) in [6.45, 7) is 1.92. The lowest BCUT2D eigenvalue weighted by Gasteiger charge is -2.15. The van der Waals surface area contributed by atoms with E-state index in [1.54, 1.807) is 19.2 Å². The summed E-state index contributed by atoms with van der Waals surface area (Å²) in [6, 6.07) is 13.4. The molecule has 0 heterocycles. The molecule has 0 aliphatic heterocycles. The molecule has 0 radical (unpaired) electrons. The fraction of sp³-hybridized carbons (Fsp3) is 0.235. The Morgan fingerprint density at radius 3 is 2.33 bits per heavy atom. The van der Waals surface area contributed by atoms with Crippen molar-refractivity contribution in [1.29, 1.82) is 0 Å². The summed E-state index contributed by atoms with van der Waals surface area (Å²) < 4.78 is 17.9. The van der Waals surface area contributed by atoms with Gasteiger partial charge in [-0.25, -0.2) is 4.39 Å². The maximum absolute atomic E-state index is 12.8. The average Bonchev–Trinajstić information content (AvgIpc) is 2.49. The zero-order valence-corrected chi connectivity index (χ0v) is 12.1. The summed E-state index contributed by atoms with van der Waals surface area (Å²) >= 11 is 0. The summed E-state index contributed by atoms with van der Waals surface area (Å²) in [7, 11) is 1.61. The summed E-state index contributed by atoms with van der Waals surface area (Å²) in [5.74, 6) is 0.388. The number of hydrogen-bond acceptors (Lipinski definition) is 2. The molecular formula is C17H18FNO2. The van der Waals surface area contributed by atoms with E-state index in [1.807, 2.05) is 31.2 Å². The first-order chi connectivity index (χ1) is 10.1. The molecule has 2 rings (SSSR count). The smallest absolute Gasteiger partial charge is 0.224 e. The van der Waals surface area contributed by atoms with Gasteiger partial charge in [-0.2, -0.15) is 0 Å². The van der Waals surface area contributed by atoms with Crippen LogP contribution >= 0.6 is 0 Å². The zero-order valence-electron chi connectivity index (χ0n) is 12.1. The minimum absolute atomic E-state index is 0.0927. The molecule has 0 saturated heterocycles. The van der Waals surface area contributed by atoms with E-state index in [4.69, 9.17) is 4.74 Å². The summed E-state index contributed by atoms with van der Waals surface area (Å²) in [6.07, 6.45) is 0.237. The predicted octanol–water partition coefficient (Wildman–Crippen LogP) is 3.25. The van der Waals surface area contributed by atoms with Gasteiger partial charge < -0.3 is 10.1 Å². The van der Waals surface area contributed by atoms with Crippen LogP contribution in [-0.2, 0) is 11.2 Å². The monoisotopic (exact) mass is 287 g/mol. The Kier molecular flexibility index (Phi) is 4.93. The van der Waals surface area contributed by atoms with Gasteiger partial charge in [-0.15, -0.1) is 0 Å². The molecule has 2 aromatic carbocycles. The molecule has 0 spiro atoms. The van der Waals surface area contributed by atoms with E-state index in [0.717, 1.165) is 16.9 Å². The van der Waals surface area contributed by atoms with E-state index in [2.05, 4.69) is 5.32 Å². The molecule has 0 aliphatic rings. The third kappa shape index (κ3) is 4.31. The molecule has 0 aliphatic carbocycles. The van der Waals surface area contributed by atoms with Crippen LogP contribution in [0.1, 0.15) is 24.1 Å². The number of nitrogens with one attached hydrogen (secondary N) is 1.